The fourth-order valence-electron chi connectivity index (χ4n) is 4.74. The average molecular weight is 567 g/mol. The number of benzene rings is 3. The highest BCUT2D eigenvalue weighted by Gasteiger charge is 2.18. The van der Waals surface area contributed by atoms with Crippen LogP contribution in [0.15, 0.2) is 83.3 Å². The number of amides is 1. The molecule has 1 atom stereocenters. The Morgan fingerprint density at radius 3 is 2.51 bits per heavy atom. The standard InChI is InChI=1S/C31H35ClN2O4S/c1-22(18-24-8-12-27(32)13-9-24)21-38-28-14-15-30-23(2)26(11-10-25(30)19-28)20-33-17-16-31(35)34-39(36,37)29-6-4-3-5-7-29/h3-9,12-15,19,22,33H,10-11,16-18,20-21H2,1-2H3,(H,34,35)/t22-/m0/s1. The monoisotopic (exact) mass is 566 g/mol. The van der Waals surface area contributed by atoms with Gasteiger partial charge >= 0.3 is 0 Å². The van der Waals surface area contributed by atoms with Crippen LogP contribution in [0.2, 0.25) is 5.02 Å². The summed E-state index contributed by atoms with van der Waals surface area (Å²) in [5, 5.41) is 4.04. The van der Waals surface area contributed by atoms with Crippen LogP contribution >= 0.6 is 11.6 Å². The van der Waals surface area contributed by atoms with Gasteiger partial charge in [-0.2, -0.15) is 0 Å². The zero-order valence-corrected chi connectivity index (χ0v) is 23.9. The first kappa shape index (κ1) is 28.9. The zero-order valence-electron chi connectivity index (χ0n) is 22.4. The summed E-state index contributed by atoms with van der Waals surface area (Å²) in [7, 11) is -3.84. The SMILES string of the molecule is CC1=C(CNCCC(=O)NS(=O)(=O)c2ccccc2)CCc2cc(OC[C@@H](C)Cc3ccc(Cl)cc3)ccc21. The minimum Gasteiger partial charge on any atom is -0.493 e. The third-order valence-corrected chi connectivity index (χ3v) is 8.55. The van der Waals surface area contributed by atoms with Crippen molar-refractivity contribution >= 4 is 33.1 Å². The summed E-state index contributed by atoms with van der Waals surface area (Å²) in [4.78, 5) is 12.3. The number of aryl methyl sites for hydroxylation is 1. The Kier molecular flexibility index (Phi) is 9.83. The first-order valence-electron chi connectivity index (χ1n) is 13.2. The van der Waals surface area contributed by atoms with Crippen molar-refractivity contribution in [2.24, 2.45) is 5.92 Å². The average Bonchev–Trinajstić information content (AvgIpc) is 2.92. The fourth-order valence-corrected chi connectivity index (χ4v) is 5.90. The van der Waals surface area contributed by atoms with Crippen molar-refractivity contribution in [3.05, 3.63) is 100 Å². The molecule has 1 aliphatic carbocycles. The van der Waals surface area contributed by atoms with Crippen molar-refractivity contribution in [3.63, 3.8) is 0 Å². The second-order valence-corrected chi connectivity index (χ2v) is 12.2. The molecule has 0 aromatic heterocycles. The van der Waals surface area contributed by atoms with Crippen LogP contribution in [0.3, 0.4) is 0 Å². The number of ether oxygens (including phenoxy) is 1. The van der Waals surface area contributed by atoms with E-state index in [4.69, 9.17) is 16.3 Å². The van der Waals surface area contributed by atoms with Gasteiger partial charge in [0.15, 0.2) is 0 Å². The van der Waals surface area contributed by atoms with E-state index < -0.39 is 15.9 Å². The van der Waals surface area contributed by atoms with Crippen molar-refractivity contribution in [1.82, 2.24) is 10.0 Å². The lowest BCUT2D eigenvalue weighted by molar-refractivity contribution is -0.119. The molecule has 2 N–H and O–H groups in total. The van der Waals surface area contributed by atoms with E-state index in [1.54, 1.807) is 18.2 Å². The van der Waals surface area contributed by atoms with Crippen molar-refractivity contribution in [1.29, 1.82) is 0 Å². The van der Waals surface area contributed by atoms with Gasteiger partial charge in [0.1, 0.15) is 5.75 Å². The maximum atomic E-state index is 12.3. The van der Waals surface area contributed by atoms with Crippen LogP contribution in [0.1, 0.15) is 43.4 Å². The van der Waals surface area contributed by atoms with Gasteiger partial charge in [-0.3, -0.25) is 4.79 Å². The summed E-state index contributed by atoms with van der Waals surface area (Å²) in [6.07, 6.45) is 2.87. The maximum absolute atomic E-state index is 12.3. The van der Waals surface area contributed by atoms with Gasteiger partial charge in [0.2, 0.25) is 5.91 Å². The Morgan fingerprint density at radius 1 is 1.03 bits per heavy atom. The van der Waals surface area contributed by atoms with E-state index in [9.17, 15) is 13.2 Å². The molecule has 39 heavy (non-hydrogen) atoms. The van der Waals surface area contributed by atoms with Crippen LogP contribution in [0.5, 0.6) is 5.75 Å². The molecule has 0 spiro atoms. The number of sulfonamides is 1. The molecule has 0 heterocycles. The Bertz CT molecular complexity index is 1420. The summed E-state index contributed by atoms with van der Waals surface area (Å²) in [6, 6.07) is 22.2. The lowest BCUT2D eigenvalue weighted by Crippen LogP contribution is -2.33. The van der Waals surface area contributed by atoms with Crippen LogP contribution in [0.25, 0.3) is 5.57 Å². The topological polar surface area (TPSA) is 84.5 Å². The van der Waals surface area contributed by atoms with Crippen molar-refractivity contribution in [2.45, 2.75) is 44.4 Å². The molecule has 8 heteroatoms. The third kappa shape index (κ3) is 8.18. The molecule has 0 saturated heterocycles. The second kappa shape index (κ2) is 13.3. The molecule has 0 fully saturated rings. The molecule has 0 saturated carbocycles. The van der Waals surface area contributed by atoms with Gasteiger partial charge in [0.05, 0.1) is 11.5 Å². The quantitative estimate of drug-likeness (QED) is 0.271. The van der Waals surface area contributed by atoms with Crippen molar-refractivity contribution in [2.75, 3.05) is 19.7 Å². The first-order chi connectivity index (χ1) is 18.7. The number of allylic oxidation sites excluding steroid dienone is 1. The molecule has 0 unspecified atom stereocenters. The Hall–Kier alpha value is -3.13. The predicted octanol–water partition coefficient (Wildman–Crippen LogP) is 5.80. The van der Waals surface area contributed by atoms with Crippen LogP contribution in [-0.2, 0) is 27.7 Å². The van der Waals surface area contributed by atoms with Crippen LogP contribution in [0.4, 0.5) is 0 Å². The van der Waals surface area contributed by atoms with Crippen molar-refractivity contribution < 1.29 is 17.9 Å². The molecular formula is C31H35ClN2O4S. The Morgan fingerprint density at radius 2 is 1.77 bits per heavy atom. The van der Waals surface area contributed by atoms with Gasteiger partial charge in [-0.15, -0.1) is 0 Å². The minimum absolute atomic E-state index is 0.0755. The van der Waals surface area contributed by atoms with Crippen LogP contribution in [-0.4, -0.2) is 34.0 Å². The molecular weight excluding hydrogens is 532 g/mol. The second-order valence-electron chi connectivity index (χ2n) is 10.1. The highest BCUT2D eigenvalue weighted by atomic mass is 35.5. The molecule has 6 nitrogen and oxygen atoms in total. The van der Waals surface area contributed by atoms with E-state index in [1.165, 1.54) is 40.0 Å². The molecule has 4 rings (SSSR count). The van der Waals surface area contributed by atoms with Crippen LogP contribution < -0.4 is 14.8 Å². The van der Waals surface area contributed by atoms with Gasteiger partial charge in [-0.05, 0) is 90.8 Å². The number of carbonyl (C=O) groups excluding carboxylic acids is 1. The highest BCUT2D eigenvalue weighted by molar-refractivity contribution is 7.90. The number of halogens is 1. The number of rotatable bonds is 12. The van der Waals surface area contributed by atoms with Crippen LogP contribution in [0, 0.1) is 5.92 Å². The molecule has 206 valence electrons. The zero-order chi connectivity index (χ0) is 27.8. The summed E-state index contributed by atoms with van der Waals surface area (Å²) < 4.78 is 32.8. The summed E-state index contributed by atoms with van der Waals surface area (Å²) >= 11 is 5.98. The molecule has 1 amide bonds. The largest absolute Gasteiger partial charge is 0.493 e. The smallest absolute Gasteiger partial charge is 0.264 e. The number of nitrogens with one attached hydrogen (secondary N) is 2. The van der Waals surface area contributed by atoms with Gasteiger partial charge < -0.3 is 10.1 Å². The summed E-state index contributed by atoms with van der Waals surface area (Å²) in [6.45, 7) is 6.00. The van der Waals surface area contributed by atoms with Gasteiger partial charge in [0.25, 0.3) is 10.0 Å². The van der Waals surface area contributed by atoms with E-state index >= 15 is 0 Å². The number of fused-ring (bicyclic) bond motifs is 1. The summed E-state index contributed by atoms with van der Waals surface area (Å²) in [5.41, 5.74) is 6.30. The normalized spacial score (nSPS) is 14.0. The minimum atomic E-state index is -3.84. The molecule has 1 aliphatic rings. The van der Waals surface area contributed by atoms with Gasteiger partial charge in [-0.25, -0.2) is 13.1 Å². The fraction of sp³-hybridized carbons (Fsp3) is 0.323. The van der Waals surface area contributed by atoms with E-state index in [2.05, 4.69) is 48.2 Å². The molecule has 3 aromatic rings. The van der Waals surface area contributed by atoms with E-state index in [0.29, 0.717) is 25.6 Å². The predicted molar refractivity (Wildman–Crippen MR) is 156 cm³/mol. The van der Waals surface area contributed by atoms with E-state index in [1.807, 2.05) is 18.2 Å². The van der Waals surface area contributed by atoms with E-state index in [-0.39, 0.29) is 11.3 Å². The van der Waals surface area contributed by atoms with Gasteiger partial charge in [0, 0.05) is 24.5 Å². The highest BCUT2D eigenvalue weighted by Crippen LogP contribution is 2.33. The molecule has 0 radical (unpaired) electrons. The molecule has 3 aromatic carbocycles. The number of hydrogen-bond acceptors (Lipinski definition) is 5. The van der Waals surface area contributed by atoms with E-state index in [0.717, 1.165) is 30.0 Å². The first-order valence-corrected chi connectivity index (χ1v) is 15.1. The number of carbonyl (C=O) groups is 1. The summed E-state index contributed by atoms with van der Waals surface area (Å²) in [5.74, 6) is 0.741. The van der Waals surface area contributed by atoms with Crippen molar-refractivity contribution in [3.8, 4) is 5.75 Å². The molecule has 0 bridgehead atoms. The Balaban J connectivity index is 1.24. The number of hydrogen-bond donors (Lipinski definition) is 2. The third-order valence-electron chi connectivity index (χ3n) is 6.91. The lowest BCUT2D eigenvalue weighted by atomic mass is 9.86. The molecule has 0 aliphatic heterocycles. The lowest BCUT2D eigenvalue weighted by Gasteiger charge is -2.23. The maximum Gasteiger partial charge on any atom is 0.264 e. The Labute approximate surface area is 236 Å². The van der Waals surface area contributed by atoms with Gasteiger partial charge in [-0.1, -0.05) is 60.5 Å².